The number of likely N-dealkylation sites (tertiary alicyclic amines) is 2. The van der Waals surface area contributed by atoms with E-state index in [1.165, 1.54) is 16.7 Å². The van der Waals surface area contributed by atoms with Gasteiger partial charge < -0.3 is 74.8 Å². The van der Waals surface area contributed by atoms with Gasteiger partial charge in [-0.25, -0.2) is 4.79 Å². The second-order valence-electron chi connectivity index (χ2n) is 17.8. The van der Waals surface area contributed by atoms with Crippen LogP contribution in [0.1, 0.15) is 77.7 Å². The zero-order valence-corrected chi connectivity index (χ0v) is 42.4. The largest absolute Gasteiger partial charge is 0.480 e. The van der Waals surface area contributed by atoms with Crippen molar-refractivity contribution in [2.75, 3.05) is 31.1 Å². The number of nitrogens with zero attached hydrogens (tertiary/aromatic N) is 3. The molecular formula is C45H71N13O12S2. The van der Waals surface area contributed by atoms with Crippen molar-refractivity contribution in [3.8, 4) is 0 Å². The van der Waals surface area contributed by atoms with Gasteiger partial charge in [-0.3, -0.25) is 48.1 Å². The third-order valence-electron chi connectivity index (χ3n) is 12.4. The summed E-state index contributed by atoms with van der Waals surface area (Å²) in [5.41, 5.74) is 22.7. The van der Waals surface area contributed by atoms with Crippen LogP contribution in [0.5, 0.6) is 0 Å². The number of nitrogens with two attached hydrogens (primary N) is 4. The molecule has 9 amide bonds. The topological polar surface area (TPSA) is 406 Å². The van der Waals surface area contributed by atoms with Crippen LogP contribution < -0.4 is 54.8 Å². The number of aliphatic carboxylic acids is 1. The molecule has 72 heavy (non-hydrogen) atoms. The molecule has 11 atom stereocenters. The van der Waals surface area contributed by atoms with Gasteiger partial charge in [0.25, 0.3) is 0 Å². The molecule has 25 nitrogen and oxygen atoms in total. The molecule has 2 saturated heterocycles. The molecule has 0 radical (unpaired) electrons. The smallest absolute Gasteiger partial charge is 0.327 e. The average molecular weight is 1050 g/mol. The average Bonchev–Trinajstić information content (AvgIpc) is 4.05. The Bertz CT molecular complexity index is 2120. The van der Waals surface area contributed by atoms with Crippen LogP contribution in [0, 0.1) is 5.92 Å². The number of thiol groups is 2. The number of carboxylic acids is 1. The second kappa shape index (κ2) is 29.4. The van der Waals surface area contributed by atoms with E-state index in [1.54, 1.807) is 44.2 Å². The van der Waals surface area contributed by atoms with Gasteiger partial charge in [-0.1, -0.05) is 50.6 Å². The highest BCUT2D eigenvalue weighted by Gasteiger charge is 2.43. The summed E-state index contributed by atoms with van der Waals surface area (Å²) in [4.78, 5) is 141. The molecule has 1 aromatic rings. The number of hydrogen-bond donors (Lipinski definition) is 14. The Morgan fingerprint density at radius 1 is 0.708 bits per heavy atom. The van der Waals surface area contributed by atoms with E-state index in [2.05, 4.69) is 62.2 Å². The third kappa shape index (κ3) is 17.8. The lowest BCUT2D eigenvalue weighted by Gasteiger charge is -2.33. The molecule has 0 bridgehead atoms. The molecule has 400 valence electrons. The maximum absolute atomic E-state index is 14.5. The van der Waals surface area contributed by atoms with Crippen molar-refractivity contribution in [3.63, 3.8) is 0 Å². The van der Waals surface area contributed by atoms with Gasteiger partial charge in [0.2, 0.25) is 53.2 Å². The normalized spacial score (nSPS) is 19.1. The summed E-state index contributed by atoms with van der Waals surface area (Å²) in [7, 11) is 0. The number of carbonyl (C=O) groups excluding carboxylic acids is 9. The van der Waals surface area contributed by atoms with E-state index in [0.717, 1.165) is 0 Å². The maximum atomic E-state index is 14.5. The quantitative estimate of drug-likeness (QED) is 0.0164. The van der Waals surface area contributed by atoms with Crippen LogP contribution in [-0.2, 0) is 54.4 Å². The Balaban J connectivity index is 1.90. The summed E-state index contributed by atoms with van der Waals surface area (Å²) in [6.45, 7) is 4.98. The monoisotopic (exact) mass is 1050 g/mol. The Morgan fingerprint density at radius 2 is 1.26 bits per heavy atom. The van der Waals surface area contributed by atoms with E-state index in [0.29, 0.717) is 24.8 Å². The fraction of sp³-hybridized carbons (Fsp3) is 0.622. The zero-order chi connectivity index (χ0) is 53.8. The standard InChI is InChI=1S/C45H71N13O12S2/c1-4-23(2)34(43(68)58-18-10-15-32(58)40(65)56-35(24(3)59)41(66)54-30(22-72)44(69)70)55-38(63)28(19-25-11-6-5-7-12-25)53-39(64)31-14-9-17-57(31)42(67)27(13-8-16-50-45(48)49)51-37(62)29(20-33(47)60)52-36(61)26(46)21-71/h5-7,11-12,23-24,26-32,34-35,59,71-72H,4,8-10,13-22,46H2,1-3H3,(H2,47,60)(H,51,62)(H,52,61)(H,53,64)(H,54,66)(H,55,63)(H,56,65)(H,69,70)(H4,48,49,50)/t23-,24+,26-,27-,28-,29-,30-,31-,32-,34-,35-/m0/s1. The lowest BCUT2D eigenvalue weighted by Crippen LogP contribution is -2.62. The molecule has 16 N–H and O–H groups in total. The number of amides is 9. The van der Waals surface area contributed by atoms with Crippen molar-refractivity contribution < 1.29 is 58.2 Å². The minimum absolute atomic E-state index is 0.0523. The number of aliphatic imine (C=N–C) groups is 1. The van der Waals surface area contributed by atoms with Gasteiger partial charge in [0.15, 0.2) is 5.96 Å². The lowest BCUT2D eigenvalue weighted by molar-refractivity contribution is -0.145. The number of nitrogens with one attached hydrogen (secondary N) is 6. The molecule has 0 aliphatic carbocycles. The first-order valence-electron chi connectivity index (χ1n) is 23.7. The van der Waals surface area contributed by atoms with Crippen LogP contribution in [-0.4, -0.2) is 177 Å². The summed E-state index contributed by atoms with van der Waals surface area (Å²) >= 11 is 7.93. The van der Waals surface area contributed by atoms with Gasteiger partial charge in [-0.2, -0.15) is 25.3 Å². The number of hydrogen-bond acceptors (Lipinski definition) is 15. The van der Waals surface area contributed by atoms with Gasteiger partial charge in [-0.15, -0.1) is 0 Å². The van der Waals surface area contributed by atoms with Crippen LogP contribution in [0.3, 0.4) is 0 Å². The summed E-state index contributed by atoms with van der Waals surface area (Å²) < 4.78 is 0. The van der Waals surface area contributed by atoms with Crippen molar-refractivity contribution in [1.82, 2.24) is 41.7 Å². The minimum atomic E-state index is -1.58. The zero-order valence-electron chi connectivity index (χ0n) is 40.7. The molecule has 1 aromatic carbocycles. The highest BCUT2D eigenvalue weighted by molar-refractivity contribution is 7.80. The molecule has 27 heteroatoms. The maximum Gasteiger partial charge on any atom is 0.327 e. The molecule has 3 rings (SSSR count). The van der Waals surface area contributed by atoms with Gasteiger partial charge in [0.1, 0.15) is 48.3 Å². The summed E-state index contributed by atoms with van der Waals surface area (Å²) in [6, 6.07) is -3.10. The predicted molar refractivity (Wildman–Crippen MR) is 269 cm³/mol. The summed E-state index contributed by atoms with van der Waals surface area (Å²) in [5.74, 6) is -9.69. The van der Waals surface area contributed by atoms with E-state index >= 15 is 0 Å². The van der Waals surface area contributed by atoms with Gasteiger partial charge in [0.05, 0.1) is 18.6 Å². The van der Waals surface area contributed by atoms with Crippen LogP contribution in [0.25, 0.3) is 0 Å². The number of primary amides is 1. The molecule has 2 aliphatic heterocycles. The Labute approximate surface area is 428 Å². The summed E-state index contributed by atoms with van der Waals surface area (Å²) in [5, 5.41) is 35.0. The van der Waals surface area contributed by atoms with Crippen molar-refractivity contribution in [1.29, 1.82) is 0 Å². The SMILES string of the molecule is CC[C@H](C)[C@H](NC(=O)[C@H](Cc1ccccc1)NC(=O)[C@@H]1CCCN1C(=O)[C@H](CCCN=C(N)N)NC(=O)[C@H](CC(N)=O)NC(=O)[C@@H](N)CS)C(=O)N1CCC[C@H]1C(=O)N[C@H](C(=O)N[C@@H](CS)C(=O)O)[C@@H](C)O. The minimum Gasteiger partial charge on any atom is -0.480 e. The van der Waals surface area contributed by atoms with Crippen LogP contribution >= 0.6 is 25.3 Å². The van der Waals surface area contributed by atoms with Crippen LogP contribution in [0.15, 0.2) is 35.3 Å². The fourth-order valence-electron chi connectivity index (χ4n) is 8.16. The summed E-state index contributed by atoms with van der Waals surface area (Å²) in [6.07, 6.45) is -0.600. The van der Waals surface area contributed by atoms with E-state index in [-0.39, 0.29) is 69.2 Å². The van der Waals surface area contributed by atoms with E-state index in [1.807, 2.05) is 0 Å². The Morgan fingerprint density at radius 3 is 1.79 bits per heavy atom. The predicted octanol–water partition coefficient (Wildman–Crippen LogP) is -4.25. The molecule has 0 aromatic heterocycles. The number of benzene rings is 1. The van der Waals surface area contributed by atoms with E-state index < -0.39 is 132 Å². The molecule has 0 saturated carbocycles. The number of carboxylic acid groups (broad SMARTS) is 1. The highest BCUT2D eigenvalue weighted by Crippen LogP contribution is 2.24. The molecule has 2 heterocycles. The molecule has 2 aliphatic rings. The van der Waals surface area contributed by atoms with E-state index in [9.17, 15) is 58.2 Å². The Hall–Kier alpha value is -6.19. The second-order valence-corrected chi connectivity index (χ2v) is 18.6. The highest BCUT2D eigenvalue weighted by atomic mass is 32.1. The molecule has 0 spiro atoms. The Kier molecular flexibility index (Phi) is 24.5. The van der Waals surface area contributed by atoms with Gasteiger partial charge in [-0.05, 0) is 56.9 Å². The molecular weight excluding hydrogens is 979 g/mol. The number of aliphatic hydroxyl groups is 1. The van der Waals surface area contributed by atoms with Crippen molar-refractivity contribution in [3.05, 3.63) is 35.9 Å². The third-order valence-corrected chi connectivity index (χ3v) is 13.1. The van der Waals surface area contributed by atoms with Crippen LogP contribution in [0.4, 0.5) is 0 Å². The molecule has 0 unspecified atom stereocenters. The number of guanidine groups is 1. The number of carbonyl (C=O) groups is 10. The molecule has 2 fully saturated rings. The number of aliphatic hydroxyl groups excluding tert-OH is 1. The first-order chi connectivity index (χ1) is 34.0. The fourth-order valence-corrected chi connectivity index (χ4v) is 8.57. The lowest BCUT2D eigenvalue weighted by atomic mass is 9.96. The van der Waals surface area contributed by atoms with Crippen molar-refractivity contribution >= 4 is 90.4 Å². The first-order valence-corrected chi connectivity index (χ1v) is 25.0. The van der Waals surface area contributed by atoms with Gasteiger partial charge >= 0.3 is 5.97 Å². The number of rotatable bonds is 28. The van der Waals surface area contributed by atoms with E-state index in [4.69, 9.17) is 22.9 Å². The van der Waals surface area contributed by atoms with Crippen molar-refractivity contribution in [2.45, 2.75) is 139 Å². The van der Waals surface area contributed by atoms with Crippen LogP contribution in [0.2, 0.25) is 0 Å². The van der Waals surface area contributed by atoms with Crippen molar-refractivity contribution in [2.24, 2.45) is 33.8 Å². The van der Waals surface area contributed by atoms with Gasteiger partial charge in [0, 0.05) is 37.6 Å². The first kappa shape index (κ1) is 60.1.